The monoisotopic (exact) mass is 217 g/mol. The summed E-state index contributed by atoms with van der Waals surface area (Å²) in [7, 11) is 0. The van der Waals surface area contributed by atoms with E-state index in [0.29, 0.717) is 5.92 Å². The Morgan fingerprint density at radius 1 is 1.33 bits per heavy atom. The van der Waals surface area contributed by atoms with E-state index in [1.54, 1.807) is 0 Å². The zero-order valence-corrected chi connectivity index (χ0v) is 9.54. The molecule has 0 bridgehead atoms. The van der Waals surface area contributed by atoms with Crippen molar-refractivity contribution in [2.75, 3.05) is 0 Å². The summed E-state index contributed by atoms with van der Waals surface area (Å²) in [6.07, 6.45) is 10.4. The number of allylic oxidation sites excluding steroid dienone is 4. The van der Waals surface area contributed by atoms with Crippen LogP contribution in [0.5, 0.6) is 0 Å². The molecule has 0 fully saturated rings. The van der Waals surface area contributed by atoms with Gasteiger partial charge in [-0.25, -0.2) is 0 Å². The third-order valence-electron chi connectivity index (χ3n) is 2.77. The first-order chi connectivity index (χ1) is 7.23. The van der Waals surface area contributed by atoms with Crippen LogP contribution in [0.25, 0.3) is 0 Å². The molecule has 2 atom stereocenters. The number of hydrogen-bond donors (Lipinski definition) is 0. The van der Waals surface area contributed by atoms with Gasteiger partial charge in [-0.1, -0.05) is 55.5 Å². The summed E-state index contributed by atoms with van der Waals surface area (Å²) in [6.45, 7) is 2.07. The Morgan fingerprint density at radius 3 is 2.60 bits per heavy atom. The smallest absolute Gasteiger partial charge is 0.0873 e. The molecule has 0 amide bonds. The molecule has 0 nitrogen and oxygen atoms in total. The first-order valence-electron chi connectivity index (χ1n) is 5.28. The maximum atomic E-state index is 6.28. The highest BCUT2D eigenvalue weighted by Crippen LogP contribution is 2.31. The normalized spacial score (nSPS) is 29.3. The van der Waals surface area contributed by atoms with Crippen molar-refractivity contribution in [2.24, 2.45) is 0 Å². The summed E-state index contributed by atoms with van der Waals surface area (Å²) >= 11 is 6.28. The lowest BCUT2D eigenvalue weighted by molar-refractivity contribution is 0.768. The van der Waals surface area contributed by atoms with E-state index in [1.165, 1.54) is 5.56 Å². The molecule has 2 unspecified atom stereocenters. The van der Waals surface area contributed by atoms with Crippen LogP contribution in [0.15, 0.2) is 48.6 Å². The van der Waals surface area contributed by atoms with Gasteiger partial charge in [0.2, 0.25) is 0 Å². The molecule has 1 aliphatic rings. The largest absolute Gasteiger partial charge is 0.110 e. The first kappa shape index (κ1) is 10.5. The van der Waals surface area contributed by atoms with Gasteiger partial charge in [-0.05, 0) is 18.1 Å². The molecule has 77 valence electrons. The molecule has 1 radical (unpaired) electrons. The fraction of sp³-hybridized carbons (Fsp3) is 0.286. The zero-order valence-electron chi connectivity index (χ0n) is 8.78. The van der Waals surface area contributed by atoms with Gasteiger partial charge in [-0.3, -0.25) is 0 Å². The van der Waals surface area contributed by atoms with Crippen molar-refractivity contribution in [1.29, 1.82) is 0 Å². The highest BCUT2D eigenvalue weighted by molar-refractivity contribution is 6.26. The Kier molecular flexibility index (Phi) is 2.97. The summed E-state index contributed by atoms with van der Waals surface area (Å²) in [6, 6.07) is 10.4. The van der Waals surface area contributed by atoms with Gasteiger partial charge >= 0.3 is 0 Å². The summed E-state index contributed by atoms with van der Waals surface area (Å²) in [5, 5.41) is 0. The quantitative estimate of drug-likeness (QED) is 0.517. The van der Waals surface area contributed by atoms with Gasteiger partial charge < -0.3 is 0 Å². The Labute approximate surface area is 96.3 Å². The van der Waals surface area contributed by atoms with Crippen LogP contribution >= 0.6 is 11.6 Å². The van der Waals surface area contributed by atoms with Crippen LogP contribution in [-0.2, 0) is 0 Å². The van der Waals surface area contributed by atoms with Crippen molar-refractivity contribution in [3.63, 3.8) is 0 Å². The van der Waals surface area contributed by atoms with Crippen LogP contribution in [-0.4, -0.2) is 4.87 Å². The molecule has 0 heterocycles. The van der Waals surface area contributed by atoms with Gasteiger partial charge in [0.25, 0.3) is 0 Å². The molecule has 0 aliphatic heterocycles. The molecule has 1 aromatic carbocycles. The summed E-state index contributed by atoms with van der Waals surface area (Å²) < 4.78 is 0. The lowest BCUT2D eigenvalue weighted by Gasteiger charge is -2.22. The van der Waals surface area contributed by atoms with Crippen LogP contribution < -0.4 is 0 Å². The van der Waals surface area contributed by atoms with Crippen LogP contribution in [0.4, 0.5) is 0 Å². The minimum Gasteiger partial charge on any atom is -0.110 e. The lowest BCUT2D eigenvalue weighted by Crippen LogP contribution is -2.17. The molecule has 0 aromatic heterocycles. The second kappa shape index (κ2) is 4.24. The Morgan fingerprint density at radius 2 is 2.07 bits per heavy atom. The van der Waals surface area contributed by atoms with Crippen molar-refractivity contribution >= 4 is 11.6 Å². The van der Waals surface area contributed by atoms with Gasteiger partial charge in [0, 0.05) is 5.92 Å². The minimum atomic E-state index is -0.384. The average molecular weight is 218 g/mol. The molecule has 0 saturated carbocycles. The van der Waals surface area contributed by atoms with Gasteiger partial charge in [0.1, 0.15) is 0 Å². The number of alkyl halides is 1. The molecule has 0 spiro atoms. The second-order valence-electron chi connectivity index (χ2n) is 3.82. The van der Waals surface area contributed by atoms with E-state index in [4.69, 9.17) is 11.6 Å². The van der Waals surface area contributed by atoms with E-state index in [1.807, 2.05) is 12.1 Å². The number of benzene rings is 1. The van der Waals surface area contributed by atoms with Crippen molar-refractivity contribution in [1.82, 2.24) is 0 Å². The zero-order chi connectivity index (χ0) is 10.7. The van der Waals surface area contributed by atoms with E-state index >= 15 is 0 Å². The van der Waals surface area contributed by atoms with E-state index in [9.17, 15) is 0 Å². The molecule has 15 heavy (non-hydrogen) atoms. The number of rotatable bonds is 2. The predicted octanol–water partition coefficient (Wildman–Crippen LogP) is 4.09. The molecule has 1 aliphatic carbocycles. The Bertz CT molecular complexity index is 362. The fourth-order valence-electron chi connectivity index (χ4n) is 1.69. The first-order valence-corrected chi connectivity index (χ1v) is 5.65. The van der Waals surface area contributed by atoms with Gasteiger partial charge in [0.05, 0.1) is 4.87 Å². The maximum Gasteiger partial charge on any atom is 0.0873 e. The van der Waals surface area contributed by atoms with Crippen molar-refractivity contribution in [3.8, 4) is 0 Å². The van der Waals surface area contributed by atoms with Crippen LogP contribution in [0.1, 0.15) is 24.8 Å². The topological polar surface area (TPSA) is 0 Å². The molecule has 1 aromatic rings. The number of hydrogen-bond acceptors (Lipinski definition) is 0. The molecular weight excluding hydrogens is 204 g/mol. The van der Waals surface area contributed by atoms with Crippen molar-refractivity contribution in [2.45, 2.75) is 24.1 Å². The van der Waals surface area contributed by atoms with E-state index in [2.05, 4.69) is 49.4 Å². The molecule has 1 heteroatoms. The van der Waals surface area contributed by atoms with Crippen LogP contribution in [0.2, 0.25) is 0 Å². The fourth-order valence-corrected chi connectivity index (χ4v) is 1.83. The molecule has 0 saturated heterocycles. The van der Waals surface area contributed by atoms with E-state index < -0.39 is 0 Å². The van der Waals surface area contributed by atoms with Gasteiger partial charge in [0.15, 0.2) is 0 Å². The maximum absolute atomic E-state index is 6.28. The van der Waals surface area contributed by atoms with Gasteiger partial charge in [-0.2, -0.15) is 0 Å². The average Bonchev–Trinajstić information content (AvgIpc) is 2.31. The summed E-state index contributed by atoms with van der Waals surface area (Å²) in [4.78, 5) is -0.384. The molecule has 0 N–H and O–H groups in total. The minimum absolute atomic E-state index is 0.324. The van der Waals surface area contributed by atoms with E-state index in [0.717, 1.165) is 6.42 Å². The Balaban J connectivity index is 2.18. The standard InChI is InChI=1S/C14H14Cl/c1-2-14(15)10-8-13(9-11-14)12-6-4-3-5-7-12/h3-10,13H,2H2,1H3. The lowest BCUT2D eigenvalue weighted by atomic mass is 9.89. The predicted molar refractivity (Wildman–Crippen MR) is 65.0 cm³/mol. The third kappa shape index (κ3) is 2.32. The highest BCUT2D eigenvalue weighted by Gasteiger charge is 2.22. The third-order valence-corrected chi connectivity index (χ3v) is 3.27. The summed E-state index contributed by atoms with van der Waals surface area (Å²) in [5.41, 5.74) is 1.29. The van der Waals surface area contributed by atoms with Gasteiger partial charge in [-0.15, -0.1) is 11.6 Å². The summed E-state index contributed by atoms with van der Waals surface area (Å²) in [5.74, 6) is 0.324. The molecule has 2 rings (SSSR count). The van der Waals surface area contributed by atoms with Crippen LogP contribution in [0.3, 0.4) is 0 Å². The van der Waals surface area contributed by atoms with Crippen molar-refractivity contribution in [3.05, 3.63) is 60.2 Å². The SMILES string of the molecule is CCC1(Cl)[C]=CC(c2ccccc2)C=C1. The second-order valence-corrected chi connectivity index (χ2v) is 4.50. The molecular formula is C14H14Cl. The Hall–Kier alpha value is -1.01. The highest BCUT2D eigenvalue weighted by atomic mass is 35.5. The van der Waals surface area contributed by atoms with Crippen LogP contribution in [0, 0.1) is 6.08 Å². The van der Waals surface area contributed by atoms with E-state index in [-0.39, 0.29) is 4.87 Å². The number of halogens is 1. The van der Waals surface area contributed by atoms with Crippen molar-refractivity contribution < 1.29 is 0 Å².